The van der Waals surface area contributed by atoms with Gasteiger partial charge in [-0.1, -0.05) is 29.8 Å². The number of hydrogen-bond donors (Lipinski definition) is 1. The van der Waals surface area contributed by atoms with Gasteiger partial charge in [0, 0.05) is 12.1 Å². The van der Waals surface area contributed by atoms with E-state index < -0.39 is 5.97 Å². The topological polar surface area (TPSA) is 73.3 Å². The first-order valence-electron chi connectivity index (χ1n) is 9.96. The Balaban J connectivity index is 1.67. The second kappa shape index (κ2) is 9.15. The Morgan fingerprint density at radius 2 is 2.07 bits per heavy atom. The van der Waals surface area contributed by atoms with E-state index in [9.17, 15) is 4.79 Å². The van der Waals surface area contributed by atoms with Crippen LogP contribution in [0.25, 0.3) is 0 Å². The highest BCUT2D eigenvalue weighted by Crippen LogP contribution is 2.31. The minimum absolute atomic E-state index is 0.0972. The first kappa shape index (κ1) is 20.3. The van der Waals surface area contributed by atoms with Crippen molar-refractivity contribution >= 4 is 11.8 Å². The Hall–Kier alpha value is -2.47. The summed E-state index contributed by atoms with van der Waals surface area (Å²) in [4.78, 5) is 20.9. The van der Waals surface area contributed by atoms with Crippen LogP contribution >= 0.6 is 0 Å². The fourth-order valence-corrected chi connectivity index (χ4v) is 3.57. The molecule has 1 aliphatic rings. The summed E-state index contributed by atoms with van der Waals surface area (Å²) < 4.78 is 11.4. The fraction of sp³-hybridized carbons (Fsp3) is 0.500. The van der Waals surface area contributed by atoms with E-state index in [1.165, 1.54) is 11.1 Å². The Bertz CT molecular complexity index is 838. The average molecular weight is 383 g/mol. The lowest BCUT2D eigenvalue weighted by atomic mass is 9.97. The van der Waals surface area contributed by atoms with Crippen molar-refractivity contribution in [2.75, 3.05) is 18.5 Å². The molecule has 1 aromatic carbocycles. The molecule has 0 spiro atoms. The zero-order valence-electron chi connectivity index (χ0n) is 17.1. The van der Waals surface area contributed by atoms with Gasteiger partial charge < -0.3 is 14.8 Å². The number of benzene rings is 1. The largest absolute Gasteiger partial charge is 0.461 e. The molecule has 3 rings (SSSR count). The Kier molecular flexibility index (Phi) is 6.62. The van der Waals surface area contributed by atoms with Gasteiger partial charge in [0.05, 0.1) is 18.8 Å². The quantitative estimate of drug-likeness (QED) is 0.750. The van der Waals surface area contributed by atoms with Crippen molar-refractivity contribution in [3.63, 3.8) is 0 Å². The zero-order valence-corrected chi connectivity index (χ0v) is 17.1. The first-order chi connectivity index (χ1) is 13.5. The van der Waals surface area contributed by atoms with Gasteiger partial charge in [-0.05, 0) is 52.5 Å². The lowest BCUT2D eigenvalue weighted by Gasteiger charge is -2.31. The molecule has 150 valence electrons. The Morgan fingerprint density at radius 3 is 2.82 bits per heavy atom. The van der Waals surface area contributed by atoms with Crippen molar-refractivity contribution in [3.8, 4) is 0 Å². The van der Waals surface area contributed by atoms with Crippen molar-refractivity contribution in [2.45, 2.75) is 59.2 Å². The van der Waals surface area contributed by atoms with Gasteiger partial charge in [-0.3, -0.25) is 0 Å². The number of carbonyl (C=O) groups is 1. The van der Waals surface area contributed by atoms with Gasteiger partial charge in [0.15, 0.2) is 5.69 Å². The molecule has 1 saturated heterocycles. The highest BCUT2D eigenvalue weighted by molar-refractivity contribution is 5.90. The van der Waals surface area contributed by atoms with Crippen LogP contribution in [0, 0.1) is 20.8 Å². The summed E-state index contributed by atoms with van der Waals surface area (Å²) in [5.41, 5.74) is 3.51. The molecule has 1 aliphatic heterocycles. The molecule has 0 amide bonds. The molecule has 28 heavy (non-hydrogen) atoms. The van der Waals surface area contributed by atoms with Gasteiger partial charge in [-0.2, -0.15) is 0 Å². The van der Waals surface area contributed by atoms with Crippen LogP contribution in [0.15, 0.2) is 24.3 Å². The number of aromatic nitrogens is 2. The van der Waals surface area contributed by atoms with Crippen molar-refractivity contribution in [2.24, 2.45) is 0 Å². The number of esters is 1. The molecule has 1 fully saturated rings. The summed E-state index contributed by atoms with van der Waals surface area (Å²) in [6, 6.07) is 8.52. The Labute approximate surface area is 166 Å². The molecule has 2 aromatic rings. The van der Waals surface area contributed by atoms with Crippen molar-refractivity contribution in [1.29, 1.82) is 0 Å². The molecule has 0 saturated carbocycles. The second-order valence-corrected chi connectivity index (χ2v) is 7.29. The number of nitrogens with one attached hydrogen (secondary N) is 1. The molecular weight excluding hydrogens is 354 g/mol. The normalized spacial score (nSPS) is 19.3. The highest BCUT2D eigenvalue weighted by atomic mass is 16.5. The van der Waals surface area contributed by atoms with Gasteiger partial charge >= 0.3 is 5.97 Å². The number of aryl methyl sites for hydroxylation is 2. The monoisotopic (exact) mass is 383 g/mol. The van der Waals surface area contributed by atoms with E-state index in [0.717, 1.165) is 19.3 Å². The smallest absolute Gasteiger partial charge is 0.357 e. The summed E-state index contributed by atoms with van der Waals surface area (Å²) in [7, 11) is 0. The van der Waals surface area contributed by atoms with E-state index in [2.05, 4.69) is 46.5 Å². The predicted molar refractivity (Wildman–Crippen MR) is 109 cm³/mol. The maximum Gasteiger partial charge on any atom is 0.357 e. The van der Waals surface area contributed by atoms with Gasteiger partial charge in [-0.25, -0.2) is 14.8 Å². The zero-order chi connectivity index (χ0) is 20.1. The maximum absolute atomic E-state index is 12.1. The van der Waals surface area contributed by atoms with E-state index in [1.54, 1.807) is 13.8 Å². The SMILES string of the molecule is CCOC(=O)c1nc(C)nc(NCC2CCCC(c3cccc(C)c3)O2)c1C. The van der Waals surface area contributed by atoms with E-state index in [0.29, 0.717) is 36.1 Å². The number of hydrogen-bond acceptors (Lipinski definition) is 6. The van der Waals surface area contributed by atoms with Crippen LogP contribution < -0.4 is 5.32 Å². The highest BCUT2D eigenvalue weighted by Gasteiger charge is 2.24. The summed E-state index contributed by atoms with van der Waals surface area (Å²) in [5, 5.41) is 3.36. The minimum atomic E-state index is -0.415. The van der Waals surface area contributed by atoms with Crippen molar-refractivity contribution in [3.05, 3.63) is 52.5 Å². The molecule has 0 aliphatic carbocycles. The number of ether oxygens (including phenoxy) is 2. The molecule has 2 atom stereocenters. The minimum Gasteiger partial charge on any atom is -0.461 e. The predicted octanol–water partition coefficient (Wildman–Crippen LogP) is 4.30. The molecule has 2 heterocycles. The van der Waals surface area contributed by atoms with E-state index in [4.69, 9.17) is 9.47 Å². The van der Waals surface area contributed by atoms with Crippen LogP contribution in [-0.2, 0) is 9.47 Å². The molecular formula is C22H29N3O3. The van der Waals surface area contributed by atoms with Gasteiger partial charge in [0.25, 0.3) is 0 Å². The standard InChI is InChI=1S/C22H29N3O3/c1-5-27-22(26)20-15(3)21(25-16(4)24-20)23-13-18-10-7-11-19(28-18)17-9-6-8-14(2)12-17/h6,8-9,12,18-19H,5,7,10-11,13H2,1-4H3,(H,23,24,25). The third kappa shape index (κ3) is 4.87. The number of anilines is 1. The fourth-order valence-electron chi connectivity index (χ4n) is 3.57. The molecule has 6 heteroatoms. The summed E-state index contributed by atoms with van der Waals surface area (Å²) in [5.74, 6) is 0.789. The van der Waals surface area contributed by atoms with Crippen LogP contribution in [0.2, 0.25) is 0 Å². The van der Waals surface area contributed by atoms with Crippen LogP contribution in [-0.4, -0.2) is 35.2 Å². The van der Waals surface area contributed by atoms with E-state index >= 15 is 0 Å². The third-order valence-electron chi connectivity index (χ3n) is 4.99. The van der Waals surface area contributed by atoms with Crippen LogP contribution in [0.3, 0.4) is 0 Å². The van der Waals surface area contributed by atoms with Gasteiger partial charge in [0.2, 0.25) is 0 Å². The average Bonchev–Trinajstić information content (AvgIpc) is 2.68. The molecule has 0 bridgehead atoms. The lowest BCUT2D eigenvalue weighted by Crippen LogP contribution is -2.29. The van der Waals surface area contributed by atoms with Crippen molar-refractivity contribution < 1.29 is 14.3 Å². The molecule has 1 N–H and O–H groups in total. The Morgan fingerprint density at radius 1 is 1.25 bits per heavy atom. The van der Waals surface area contributed by atoms with Crippen LogP contribution in [0.4, 0.5) is 5.82 Å². The summed E-state index contributed by atoms with van der Waals surface area (Å²) >= 11 is 0. The third-order valence-corrected chi connectivity index (χ3v) is 4.99. The maximum atomic E-state index is 12.1. The summed E-state index contributed by atoms with van der Waals surface area (Å²) in [6.07, 6.45) is 3.39. The van der Waals surface area contributed by atoms with E-state index in [1.807, 2.05) is 6.92 Å². The molecule has 6 nitrogen and oxygen atoms in total. The lowest BCUT2D eigenvalue weighted by molar-refractivity contribution is -0.0442. The van der Waals surface area contributed by atoms with Crippen LogP contribution in [0.5, 0.6) is 0 Å². The number of nitrogens with zero attached hydrogens (tertiary/aromatic N) is 2. The molecule has 2 unspecified atom stereocenters. The number of rotatable bonds is 6. The first-order valence-corrected chi connectivity index (χ1v) is 9.96. The van der Waals surface area contributed by atoms with Gasteiger partial charge in [0.1, 0.15) is 11.6 Å². The van der Waals surface area contributed by atoms with Crippen LogP contribution in [0.1, 0.15) is 65.3 Å². The number of carbonyl (C=O) groups excluding carboxylic acids is 1. The van der Waals surface area contributed by atoms with Gasteiger partial charge in [-0.15, -0.1) is 0 Å². The molecule has 0 radical (unpaired) electrons. The molecule has 1 aromatic heterocycles. The van der Waals surface area contributed by atoms with Crippen molar-refractivity contribution in [1.82, 2.24) is 9.97 Å². The van der Waals surface area contributed by atoms with E-state index in [-0.39, 0.29) is 12.2 Å². The summed E-state index contributed by atoms with van der Waals surface area (Å²) in [6.45, 7) is 8.46. The second-order valence-electron chi connectivity index (χ2n) is 7.29.